The molecule has 1 unspecified atom stereocenters. The number of nitro benzene ring substituents is 1. The maximum absolute atomic E-state index is 11.9. The summed E-state index contributed by atoms with van der Waals surface area (Å²) in [6, 6.07) is 4.66. The van der Waals surface area contributed by atoms with Crippen LogP contribution in [0.5, 0.6) is 0 Å². The van der Waals surface area contributed by atoms with Crippen LogP contribution in [0.1, 0.15) is 13.8 Å². The van der Waals surface area contributed by atoms with E-state index >= 15 is 0 Å². The number of hydroxylamine groups is 1. The van der Waals surface area contributed by atoms with Gasteiger partial charge in [-0.15, -0.1) is 0 Å². The second-order valence-corrected chi connectivity index (χ2v) is 5.77. The number of benzene rings is 1. The molecule has 92 valence electrons. The Hall–Kier alpha value is -1.51. The maximum Gasteiger partial charge on any atom is 0.269 e. The van der Waals surface area contributed by atoms with Gasteiger partial charge in [0.2, 0.25) is 0 Å². The van der Waals surface area contributed by atoms with Gasteiger partial charge in [0.05, 0.1) is 9.82 Å². The first kappa shape index (κ1) is 12.0. The third-order valence-electron chi connectivity index (χ3n) is 2.28. The zero-order valence-electron chi connectivity index (χ0n) is 9.15. The van der Waals surface area contributed by atoms with Gasteiger partial charge >= 0.3 is 0 Å². The predicted octanol–water partition coefficient (Wildman–Crippen LogP) is 1.27. The van der Waals surface area contributed by atoms with Crippen molar-refractivity contribution in [1.29, 1.82) is 0 Å². The van der Waals surface area contributed by atoms with Crippen LogP contribution in [0.15, 0.2) is 29.2 Å². The van der Waals surface area contributed by atoms with E-state index in [1.807, 2.05) is 0 Å². The van der Waals surface area contributed by atoms with Crippen molar-refractivity contribution in [2.75, 3.05) is 0 Å². The van der Waals surface area contributed by atoms with Gasteiger partial charge in [-0.3, -0.25) is 15.0 Å². The summed E-state index contributed by atoms with van der Waals surface area (Å²) in [5.74, 6) is 0. The molecule has 17 heavy (non-hydrogen) atoms. The molecule has 1 heterocycles. The van der Waals surface area contributed by atoms with Crippen LogP contribution < -0.4 is 0 Å². The molecule has 1 fully saturated rings. The molecule has 0 amide bonds. The van der Waals surface area contributed by atoms with Crippen LogP contribution in [0.2, 0.25) is 0 Å². The first-order valence-electron chi connectivity index (χ1n) is 4.74. The van der Waals surface area contributed by atoms with E-state index in [-0.39, 0.29) is 10.6 Å². The second-order valence-electron chi connectivity index (χ2n) is 4.02. The fourth-order valence-corrected chi connectivity index (χ4v) is 2.89. The molecule has 1 aliphatic heterocycles. The molecule has 1 aliphatic rings. The molecule has 1 saturated heterocycles. The summed E-state index contributed by atoms with van der Waals surface area (Å²) in [4.78, 5) is 14.7. The van der Waals surface area contributed by atoms with Crippen LogP contribution in [-0.4, -0.2) is 23.5 Å². The van der Waals surface area contributed by atoms with Crippen LogP contribution >= 0.6 is 0 Å². The molecule has 2 rings (SSSR count). The van der Waals surface area contributed by atoms with Gasteiger partial charge in [0.15, 0.2) is 5.72 Å². The zero-order valence-corrected chi connectivity index (χ0v) is 9.97. The van der Waals surface area contributed by atoms with E-state index in [0.717, 1.165) is 16.6 Å². The lowest BCUT2D eigenvalue weighted by Gasteiger charge is -2.03. The average Bonchev–Trinajstić information content (AvgIpc) is 2.89. The Morgan fingerprint density at radius 2 is 1.76 bits per heavy atom. The van der Waals surface area contributed by atoms with E-state index in [1.54, 1.807) is 13.8 Å². The summed E-state index contributed by atoms with van der Waals surface area (Å²) < 4.78 is 24.7. The molecule has 7 nitrogen and oxygen atoms in total. The van der Waals surface area contributed by atoms with Gasteiger partial charge in [-0.25, -0.2) is 8.42 Å². The smallest absolute Gasteiger partial charge is 0.258 e. The van der Waals surface area contributed by atoms with Gasteiger partial charge in [0, 0.05) is 12.1 Å². The fraction of sp³-hybridized carbons (Fsp3) is 0.333. The van der Waals surface area contributed by atoms with Crippen molar-refractivity contribution in [3.8, 4) is 0 Å². The molecule has 0 radical (unpaired) electrons. The maximum atomic E-state index is 11.9. The number of hydrogen-bond acceptors (Lipinski definition) is 5. The molecule has 1 aromatic carbocycles. The Morgan fingerprint density at radius 3 is 2.12 bits per heavy atom. The van der Waals surface area contributed by atoms with E-state index in [1.165, 1.54) is 12.1 Å². The van der Waals surface area contributed by atoms with Crippen molar-refractivity contribution >= 4 is 15.7 Å². The van der Waals surface area contributed by atoms with Crippen LogP contribution in [-0.2, 0) is 14.9 Å². The monoisotopic (exact) mass is 258 g/mol. The largest absolute Gasteiger partial charge is 0.269 e. The highest BCUT2D eigenvalue weighted by molar-refractivity contribution is 7.89. The zero-order chi connectivity index (χ0) is 12.8. The lowest BCUT2D eigenvalue weighted by molar-refractivity contribution is -0.384. The summed E-state index contributed by atoms with van der Waals surface area (Å²) >= 11 is 0. The van der Waals surface area contributed by atoms with Gasteiger partial charge in [-0.2, -0.15) is 0 Å². The number of hydrogen-bond donors (Lipinski definition) is 0. The molecule has 0 aromatic heterocycles. The van der Waals surface area contributed by atoms with Gasteiger partial charge in [0.1, 0.15) is 0 Å². The quantitative estimate of drug-likeness (QED) is 0.462. The van der Waals surface area contributed by atoms with E-state index < -0.39 is 20.7 Å². The lowest BCUT2D eigenvalue weighted by atomic mass is 10.3. The van der Waals surface area contributed by atoms with E-state index in [9.17, 15) is 18.5 Å². The molecule has 0 bridgehead atoms. The molecular weight excluding hydrogens is 248 g/mol. The van der Waals surface area contributed by atoms with Gasteiger partial charge in [-0.1, -0.05) is 0 Å². The first-order chi connectivity index (χ1) is 7.75. The number of nitro groups is 1. The van der Waals surface area contributed by atoms with Crippen LogP contribution in [0, 0.1) is 10.1 Å². The van der Waals surface area contributed by atoms with Crippen molar-refractivity contribution in [2.45, 2.75) is 24.5 Å². The highest BCUT2D eigenvalue weighted by atomic mass is 32.2. The standard InChI is InChI=1S/C9H10N2O5S/c1-9(2)11(16-9)17(14,15)8-5-3-7(4-6-8)10(12)13/h3-6H,1-2H3. The molecule has 8 heteroatoms. The summed E-state index contributed by atoms with van der Waals surface area (Å²) in [5.41, 5.74) is -1.00. The number of non-ortho nitro benzene ring substituents is 1. The minimum absolute atomic E-state index is 0.0336. The number of sulfonamides is 1. The van der Waals surface area contributed by atoms with Gasteiger partial charge in [-0.05, 0) is 30.4 Å². The average molecular weight is 258 g/mol. The molecule has 0 saturated carbocycles. The lowest BCUT2D eigenvalue weighted by Crippen LogP contribution is -2.18. The predicted molar refractivity (Wildman–Crippen MR) is 57.3 cm³/mol. The molecule has 0 aliphatic carbocycles. The Morgan fingerprint density at radius 1 is 1.29 bits per heavy atom. The van der Waals surface area contributed by atoms with Crippen LogP contribution in [0.4, 0.5) is 5.69 Å². The summed E-state index contributed by atoms with van der Waals surface area (Å²) in [7, 11) is -3.73. The minimum atomic E-state index is -3.73. The fourth-order valence-electron chi connectivity index (χ4n) is 1.36. The highest BCUT2D eigenvalue weighted by Gasteiger charge is 2.55. The Labute approximate surface area is 97.8 Å². The van der Waals surface area contributed by atoms with Crippen molar-refractivity contribution in [1.82, 2.24) is 4.47 Å². The number of nitrogens with zero attached hydrogens (tertiary/aromatic N) is 2. The molecule has 1 atom stereocenters. The number of rotatable bonds is 3. The SMILES string of the molecule is CC1(C)ON1S(=O)(=O)c1ccc([N+](=O)[O-])cc1. The van der Waals surface area contributed by atoms with Crippen molar-refractivity contribution in [3.05, 3.63) is 34.4 Å². The normalized spacial score (nSPS) is 22.1. The summed E-state index contributed by atoms with van der Waals surface area (Å²) in [6.07, 6.45) is 0. The Kier molecular flexibility index (Phi) is 2.45. The van der Waals surface area contributed by atoms with E-state index in [0.29, 0.717) is 0 Å². The van der Waals surface area contributed by atoms with Crippen LogP contribution in [0.3, 0.4) is 0 Å². The van der Waals surface area contributed by atoms with Crippen LogP contribution in [0.25, 0.3) is 0 Å². The molecule has 1 aromatic rings. The Balaban J connectivity index is 2.32. The van der Waals surface area contributed by atoms with E-state index in [4.69, 9.17) is 4.84 Å². The highest BCUT2D eigenvalue weighted by Crippen LogP contribution is 2.39. The van der Waals surface area contributed by atoms with Gasteiger partial charge < -0.3 is 0 Å². The third-order valence-corrected chi connectivity index (χ3v) is 4.10. The summed E-state index contributed by atoms with van der Waals surface area (Å²) in [6.45, 7) is 3.21. The molecular formula is C9H10N2O5S. The second kappa shape index (κ2) is 3.49. The summed E-state index contributed by atoms with van der Waals surface area (Å²) in [5, 5.41) is 10.4. The van der Waals surface area contributed by atoms with E-state index in [2.05, 4.69) is 0 Å². The molecule has 0 spiro atoms. The van der Waals surface area contributed by atoms with Crippen molar-refractivity contribution in [3.63, 3.8) is 0 Å². The van der Waals surface area contributed by atoms with Crippen molar-refractivity contribution < 1.29 is 18.2 Å². The Bertz CT molecular complexity index is 564. The van der Waals surface area contributed by atoms with Gasteiger partial charge in [0.25, 0.3) is 15.7 Å². The topological polar surface area (TPSA) is 92.8 Å². The third kappa shape index (κ3) is 2.02. The van der Waals surface area contributed by atoms with Crippen molar-refractivity contribution in [2.24, 2.45) is 0 Å². The minimum Gasteiger partial charge on any atom is -0.258 e. The first-order valence-corrected chi connectivity index (χ1v) is 6.18. The molecule has 0 N–H and O–H groups in total.